The molecule has 1 aromatic carbocycles. The second-order valence-corrected chi connectivity index (χ2v) is 6.74. The summed E-state index contributed by atoms with van der Waals surface area (Å²) in [6.45, 7) is 4.63. The molecule has 1 aliphatic heterocycles. The van der Waals surface area contributed by atoms with Gasteiger partial charge in [-0.3, -0.25) is 9.59 Å². The van der Waals surface area contributed by atoms with Crippen molar-refractivity contribution in [2.45, 2.75) is 39.7 Å². The van der Waals surface area contributed by atoms with Crippen LogP contribution in [0.1, 0.15) is 35.5 Å². The number of carbonyl (C=O) groups is 1. The van der Waals surface area contributed by atoms with Crippen molar-refractivity contribution in [3.8, 4) is 11.5 Å². The highest BCUT2D eigenvalue weighted by Gasteiger charge is 2.16. The molecule has 0 unspecified atom stereocenters. The first-order valence-electron chi connectivity index (χ1n) is 8.74. The van der Waals surface area contributed by atoms with E-state index in [0.29, 0.717) is 52.4 Å². The van der Waals surface area contributed by atoms with Gasteiger partial charge in [0.2, 0.25) is 0 Å². The SMILES string of the molecule is Cc1nc(C)c(CCC(=O)OCc2cc(Cl)c3c(c2)OCCCO3)c(=O)[nH]1. The van der Waals surface area contributed by atoms with Crippen LogP contribution in [-0.4, -0.2) is 29.2 Å². The van der Waals surface area contributed by atoms with E-state index in [0.717, 1.165) is 6.42 Å². The molecule has 1 aromatic heterocycles. The Kier molecular flexibility index (Phi) is 6.01. The lowest BCUT2D eigenvalue weighted by Gasteiger charge is -2.12. The molecule has 0 atom stereocenters. The molecule has 3 rings (SSSR count). The predicted molar refractivity (Wildman–Crippen MR) is 99.5 cm³/mol. The fourth-order valence-corrected chi connectivity index (χ4v) is 3.16. The van der Waals surface area contributed by atoms with E-state index in [4.69, 9.17) is 25.8 Å². The third kappa shape index (κ3) is 4.80. The van der Waals surface area contributed by atoms with Crippen LogP contribution in [0.25, 0.3) is 0 Å². The van der Waals surface area contributed by atoms with E-state index in [2.05, 4.69) is 9.97 Å². The van der Waals surface area contributed by atoms with Crippen molar-refractivity contribution in [2.24, 2.45) is 0 Å². The maximum atomic E-state index is 12.1. The van der Waals surface area contributed by atoms with Crippen LogP contribution in [-0.2, 0) is 22.6 Å². The number of halogens is 1. The number of aryl methyl sites for hydroxylation is 2. The second-order valence-electron chi connectivity index (χ2n) is 6.33. The summed E-state index contributed by atoms with van der Waals surface area (Å²) in [6.07, 6.45) is 1.14. The number of benzene rings is 1. The molecule has 144 valence electrons. The quantitative estimate of drug-likeness (QED) is 0.787. The van der Waals surface area contributed by atoms with Crippen molar-refractivity contribution in [2.75, 3.05) is 13.2 Å². The molecule has 1 aliphatic rings. The van der Waals surface area contributed by atoms with Gasteiger partial charge in [0.15, 0.2) is 11.5 Å². The van der Waals surface area contributed by atoms with E-state index in [1.165, 1.54) is 0 Å². The standard InChI is InChI=1S/C19H21ClN2O5/c1-11-14(19(24)22-12(2)21-11)4-5-17(23)27-10-13-8-15(20)18-16(9-13)25-6-3-7-26-18/h8-9H,3-7,10H2,1-2H3,(H,21,22,24). The Hall–Kier alpha value is -2.54. The third-order valence-electron chi connectivity index (χ3n) is 4.18. The Labute approximate surface area is 161 Å². The maximum Gasteiger partial charge on any atom is 0.306 e. The van der Waals surface area contributed by atoms with Crippen molar-refractivity contribution < 1.29 is 19.0 Å². The van der Waals surface area contributed by atoms with Crippen LogP contribution in [0.15, 0.2) is 16.9 Å². The molecule has 0 aliphatic carbocycles. The van der Waals surface area contributed by atoms with Crippen molar-refractivity contribution >= 4 is 17.6 Å². The van der Waals surface area contributed by atoms with E-state index < -0.39 is 5.97 Å². The predicted octanol–water partition coefficient (Wildman–Crippen LogP) is 2.88. The van der Waals surface area contributed by atoms with Crippen molar-refractivity contribution in [3.63, 3.8) is 0 Å². The number of hydrogen-bond acceptors (Lipinski definition) is 6. The van der Waals surface area contributed by atoms with Crippen LogP contribution in [0.4, 0.5) is 0 Å². The molecule has 2 heterocycles. The summed E-state index contributed by atoms with van der Waals surface area (Å²) in [5.41, 5.74) is 1.61. The second kappa shape index (κ2) is 8.43. The lowest BCUT2D eigenvalue weighted by molar-refractivity contribution is -0.144. The van der Waals surface area contributed by atoms with E-state index in [9.17, 15) is 9.59 Å². The largest absolute Gasteiger partial charge is 0.489 e. The monoisotopic (exact) mass is 392 g/mol. The first-order valence-corrected chi connectivity index (χ1v) is 9.12. The number of nitrogens with zero attached hydrogens (tertiary/aromatic N) is 1. The zero-order valence-electron chi connectivity index (χ0n) is 15.3. The van der Waals surface area contributed by atoms with Gasteiger partial charge in [-0.15, -0.1) is 0 Å². The topological polar surface area (TPSA) is 90.5 Å². The molecule has 0 amide bonds. The van der Waals surface area contributed by atoms with Gasteiger partial charge in [-0.05, 0) is 38.0 Å². The molecule has 0 saturated heterocycles. The zero-order chi connectivity index (χ0) is 19.4. The summed E-state index contributed by atoms with van der Waals surface area (Å²) in [4.78, 5) is 30.9. The number of aromatic nitrogens is 2. The molecular weight excluding hydrogens is 372 g/mol. The van der Waals surface area contributed by atoms with Gasteiger partial charge >= 0.3 is 5.97 Å². The summed E-state index contributed by atoms with van der Waals surface area (Å²) in [5.74, 6) is 1.22. The normalized spacial score (nSPS) is 13.1. The van der Waals surface area contributed by atoms with Crippen LogP contribution in [0.5, 0.6) is 11.5 Å². The number of carbonyl (C=O) groups excluding carboxylic acids is 1. The lowest BCUT2D eigenvalue weighted by Crippen LogP contribution is -2.19. The Morgan fingerprint density at radius 2 is 2.07 bits per heavy atom. The van der Waals surface area contributed by atoms with Gasteiger partial charge in [0.1, 0.15) is 12.4 Å². The number of H-pyrrole nitrogens is 1. The average molecular weight is 393 g/mol. The minimum absolute atomic E-state index is 0.0662. The van der Waals surface area contributed by atoms with Crippen LogP contribution in [0.2, 0.25) is 5.02 Å². The summed E-state index contributed by atoms with van der Waals surface area (Å²) in [5, 5.41) is 0.424. The van der Waals surface area contributed by atoms with Crippen LogP contribution >= 0.6 is 11.6 Å². The Morgan fingerprint density at radius 1 is 1.30 bits per heavy atom. The van der Waals surface area contributed by atoms with Crippen LogP contribution in [0.3, 0.4) is 0 Å². The minimum atomic E-state index is -0.405. The Bertz CT molecular complexity index is 910. The van der Waals surface area contributed by atoms with Crippen molar-refractivity contribution in [1.29, 1.82) is 0 Å². The molecule has 1 N–H and O–H groups in total. The van der Waals surface area contributed by atoms with Gasteiger partial charge < -0.3 is 19.2 Å². The number of rotatable bonds is 5. The fourth-order valence-electron chi connectivity index (χ4n) is 2.88. The molecule has 0 radical (unpaired) electrons. The Morgan fingerprint density at radius 3 is 2.85 bits per heavy atom. The molecule has 0 spiro atoms. The first-order chi connectivity index (χ1) is 12.9. The number of esters is 1. The zero-order valence-corrected chi connectivity index (χ0v) is 16.0. The van der Waals surface area contributed by atoms with Crippen molar-refractivity contribution in [1.82, 2.24) is 9.97 Å². The van der Waals surface area contributed by atoms with Gasteiger partial charge in [-0.1, -0.05) is 11.6 Å². The number of fused-ring (bicyclic) bond motifs is 1. The molecule has 0 bridgehead atoms. The Balaban J connectivity index is 1.59. The van der Waals surface area contributed by atoms with Crippen molar-refractivity contribution in [3.05, 3.63) is 50.2 Å². The van der Waals surface area contributed by atoms with E-state index in [1.54, 1.807) is 26.0 Å². The highest BCUT2D eigenvalue weighted by atomic mass is 35.5. The fraction of sp³-hybridized carbons (Fsp3) is 0.421. The van der Waals surface area contributed by atoms with Gasteiger partial charge in [-0.25, -0.2) is 4.98 Å². The smallest absolute Gasteiger partial charge is 0.306 e. The number of ether oxygens (including phenoxy) is 3. The van der Waals surface area contributed by atoms with Gasteiger partial charge in [0.05, 0.1) is 18.2 Å². The van der Waals surface area contributed by atoms with Gasteiger partial charge in [-0.2, -0.15) is 0 Å². The summed E-state index contributed by atoms with van der Waals surface area (Å²) in [6, 6.07) is 3.46. The van der Waals surface area contributed by atoms with Gasteiger partial charge in [0, 0.05) is 24.1 Å². The van der Waals surface area contributed by atoms with E-state index >= 15 is 0 Å². The molecule has 0 fully saturated rings. The average Bonchev–Trinajstić information content (AvgIpc) is 2.85. The highest BCUT2D eigenvalue weighted by Crippen LogP contribution is 2.38. The minimum Gasteiger partial charge on any atom is -0.489 e. The lowest BCUT2D eigenvalue weighted by atomic mass is 10.1. The molecule has 2 aromatic rings. The third-order valence-corrected chi connectivity index (χ3v) is 4.46. The molecular formula is C19H21ClN2O5. The molecule has 0 saturated carbocycles. The number of aromatic amines is 1. The van der Waals surface area contributed by atoms with Crippen LogP contribution < -0.4 is 15.0 Å². The number of nitrogens with one attached hydrogen (secondary N) is 1. The highest BCUT2D eigenvalue weighted by molar-refractivity contribution is 6.32. The van der Waals surface area contributed by atoms with Gasteiger partial charge in [0.25, 0.3) is 5.56 Å². The molecule has 7 nitrogen and oxygen atoms in total. The first kappa shape index (κ1) is 19.2. The summed E-state index contributed by atoms with van der Waals surface area (Å²) < 4.78 is 16.5. The molecule has 8 heteroatoms. The maximum absolute atomic E-state index is 12.1. The number of hydrogen-bond donors (Lipinski definition) is 1. The molecule has 27 heavy (non-hydrogen) atoms. The van der Waals surface area contributed by atoms with Crippen LogP contribution in [0, 0.1) is 13.8 Å². The summed E-state index contributed by atoms with van der Waals surface area (Å²) >= 11 is 6.23. The van der Waals surface area contributed by atoms with E-state index in [1.807, 2.05) is 0 Å². The summed E-state index contributed by atoms with van der Waals surface area (Å²) in [7, 11) is 0. The van der Waals surface area contributed by atoms with E-state index in [-0.39, 0.29) is 25.0 Å².